The van der Waals surface area contributed by atoms with Crippen LogP contribution < -0.4 is 0 Å². The van der Waals surface area contributed by atoms with Crippen molar-refractivity contribution in [3.05, 3.63) is 48.0 Å². The number of para-hydroxylation sites is 1. The fourth-order valence-electron chi connectivity index (χ4n) is 2.26. The lowest BCUT2D eigenvalue weighted by atomic mass is 10.1. The Kier molecular flexibility index (Phi) is 4.93. The first-order valence-electron chi connectivity index (χ1n) is 6.99. The van der Waals surface area contributed by atoms with Gasteiger partial charge in [-0.3, -0.25) is 4.79 Å². The SMILES string of the molecule is Cc1nc(CCCCCC(=O)O)cn1-c1ccccc1. The number of hydrogen-bond donors (Lipinski definition) is 1. The van der Waals surface area contributed by atoms with Crippen LogP contribution in [0.2, 0.25) is 0 Å². The molecule has 2 rings (SSSR count). The van der Waals surface area contributed by atoms with Gasteiger partial charge in [0.25, 0.3) is 0 Å². The van der Waals surface area contributed by atoms with Crippen molar-refractivity contribution < 1.29 is 9.90 Å². The van der Waals surface area contributed by atoms with Crippen molar-refractivity contribution in [2.24, 2.45) is 0 Å². The summed E-state index contributed by atoms with van der Waals surface area (Å²) in [5.41, 5.74) is 2.19. The van der Waals surface area contributed by atoms with Crippen LogP contribution >= 0.6 is 0 Å². The summed E-state index contributed by atoms with van der Waals surface area (Å²) in [6, 6.07) is 10.1. The molecule has 1 heterocycles. The Balaban J connectivity index is 1.90. The van der Waals surface area contributed by atoms with E-state index in [4.69, 9.17) is 5.11 Å². The normalized spacial score (nSPS) is 10.7. The molecule has 0 aliphatic rings. The summed E-state index contributed by atoms with van der Waals surface area (Å²) in [5.74, 6) is 0.269. The van der Waals surface area contributed by atoms with Crippen LogP contribution in [0, 0.1) is 6.92 Å². The Morgan fingerprint density at radius 1 is 1.20 bits per heavy atom. The van der Waals surface area contributed by atoms with Crippen molar-refractivity contribution in [3.63, 3.8) is 0 Å². The van der Waals surface area contributed by atoms with Gasteiger partial charge in [-0.2, -0.15) is 0 Å². The predicted octanol–water partition coefficient (Wildman–Crippen LogP) is 3.37. The zero-order chi connectivity index (χ0) is 14.4. The molecule has 0 spiro atoms. The van der Waals surface area contributed by atoms with Crippen LogP contribution in [-0.2, 0) is 11.2 Å². The number of rotatable bonds is 7. The quantitative estimate of drug-likeness (QED) is 0.786. The fraction of sp³-hybridized carbons (Fsp3) is 0.375. The van der Waals surface area contributed by atoms with Gasteiger partial charge in [-0.15, -0.1) is 0 Å². The maximum absolute atomic E-state index is 10.4. The highest BCUT2D eigenvalue weighted by Crippen LogP contribution is 2.14. The standard InChI is InChI=1S/C16H20N2O2/c1-13-17-14(8-4-2-7-11-16(19)20)12-18(13)15-9-5-3-6-10-15/h3,5-6,9-10,12H,2,4,7-8,11H2,1H3,(H,19,20). The largest absolute Gasteiger partial charge is 0.481 e. The highest BCUT2D eigenvalue weighted by molar-refractivity contribution is 5.66. The van der Waals surface area contributed by atoms with Crippen LogP contribution in [0.15, 0.2) is 36.5 Å². The molecule has 0 saturated heterocycles. The average molecular weight is 272 g/mol. The highest BCUT2D eigenvalue weighted by Gasteiger charge is 2.05. The van der Waals surface area contributed by atoms with Crippen molar-refractivity contribution in [2.75, 3.05) is 0 Å². The minimum Gasteiger partial charge on any atom is -0.481 e. The van der Waals surface area contributed by atoms with Gasteiger partial charge in [0.15, 0.2) is 0 Å². The number of carboxylic acids is 1. The van der Waals surface area contributed by atoms with Crippen molar-refractivity contribution >= 4 is 5.97 Å². The molecule has 0 unspecified atom stereocenters. The second-order valence-electron chi connectivity index (χ2n) is 4.94. The number of nitrogens with zero attached hydrogens (tertiary/aromatic N) is 2. The third kappa shape index (κ3) is 3.95. The van der Waals surface area contributed by atoms with E-state index >= 15 is 0 Å². The summed E-state index contributed by atoms with van der Waals surface area (Å²) in [7, 11) is 0. The minimum atomic E-state index is -0.714. The summed E-state index contributed by atoms with van der Waals surface area (Å²) in [5, 5.41) is 8.58. The molecule has 106 valence electrons. The van der Waals surface area contributed by atoms with Gasteiger partial charge in [0.1, 0.15) is 5.82 Å². The molecule has 20 heavy (non-hydrogen) atoms. The first-order chi connectivity index (χ1) is 9.66. The molecule has 0 saturated carbocycles. The lowest BCUT2D eigenvalue weighted by Crippen LogP contribution is -1.94. The van der Waals surface area contributed by atoms with Crippen molar-refractivity contribution in [1.82, 2.24) is 9.55 Å². The number of carbonyl (C=O) groups is 1. The summed E-state index contributed by atoms with van der Waals surface area (Å²) < 4.78 is 2.09. The zero-order valence-electron chi connectivity index (χ0n) is 11.7. The van der Waals surface area contributed by atoms with Crippen molar-refractivity contribution in [2.45, 2.75) is 39.0 Å². The molecule has 4 heteroatoms. The molecule has 1 N–H and O–H groups in total. The van der Waals surface area contributed by atoms with E-state index in [0.717, 1.165) is 42.9 Å². The lowest BCUT2D eigenvalue weighted by Gasteiger charge is -2.03. The van der Waals surface area contributed by atoms with Gasteiger partial charge in [0.05, 0.1) is 5.69 Å². The van der Waals surface area contributed by atoms with Crippen LogP contribution in [0.3, 0.4) is 0 Å². The monoisotopic (exact) mass is 272 g/mol. The van der Waals surface area contributed by atoms with Gasteiger partial charge < -0.3 is 9.67 Å². The number of hydrogen-bond acceptors (Lipinski definition) is 2. The molecule has 2 aromatic rings. The second kappa shape index (κ2) is 6.89. The number of benzene rings is 1. The predicted molar refractivity (Wildman–Crippen MR) is 78.1 cm³/mol. The van der Waals surface area contributed by atoms with Gasteiger partial charge in [-0.1, -0.05) is 24.6 Å². The number of aliphatic carboxylic acids is 1. The molecule has 4 nitrogen and oxygen atoms in total. The summed E-state index contributed by atoms with van der Waals surface area (Å²) >= 11 is 0. The van der Waals surface area contributed by atoms with Crippen LogP contribution in [0.1, 0.15) is 37.2 Å². The van der Waals surface area contributed by atoms with E-state index in [2.05, 4.69) is 27.9 Å². The van der Waals surface area contributed by atoms with E-state index < -0.39 is 5.97 Å². The Labute approximate surface area is 119 Å². The number of aryl methyl sites for hydroxylation is 2. The van der Waals surface area contributed by atoms with Crippen molar-refractivity contribution in [1.29, 1.82) is 0 Å². The molecular weight excluding hydrogens is 252 g/mol. The molecule has 1 aromatic carbocycles. The number of imidazole rings is 1. The van der Waals surface area contributed by atoms with Crippen LogP contribution in [-0.4, -0.2) is 20.6 Å². The maximum Gasteiger partial charge on any atom is 0.303 e. The summed E-state index contributed by atoms with van der Waals surface area (Å²) in [4.78, 5) is 15.0. The van der Waals surface area contributed by atoms with Crippen LogP contribution in [0.4, 0.5) is 0 Å². The molecule has 0 bridgehead atoms. The number of unbranched alkanes of at least 4 members (excludes halogenated alkanes) is 2. The minimum absolute atomic E-state index is 0.261. The summed E-state index contributed by atoms with van der Waals surface area (Å²) in [6.45, 7) is 2.00. The number of aromatic nitrogens is 2. The Bertz CT molecular complexity index is 561. The van der Waals surface area contributed by atoms with E-state index in [1.54, 1.807) is 0 Å². The van der Waals surface area contributed by atoms with E-state index in [9.17, 15) is 4.79 Å². The van der Waals surface area contributed by atoms with Gasteiger partial charge in [0.2, 0.25) is 0 Å². The lowest BCUT2D eigenvalue weighted by molar-refractivity contribution is -0.137. The topological polar surface area (TPSA) is 55.1 Å². The van der Waals surface area contributed by atoms with E-state index in [-0.39, 0.29) is 6.42 Å². The summed E-state index contributed by atoms with van der Waals surface area (Å²) in [6.07, 6.45) is 5.90. The van der Waals surface area contributed by atoms with Gasteiger partial charge in [-0.05, 0) is 38.3 Å². The van der Waals surface area contributed by atoms with Gasteiger partial charge in [-0.25, -0.2) is 4.98 Å². The van der Waals surface area contributed by atoms with Gasteiger partial charge in [0, 0.05) is 18.3 Å². The van der Waals surface area contributed by atoms with E-state index in [1.807, 2.05) is 25.1 Å². The second-order valence-corrected chi connectivity index (χ2v) is 4.94. The molecule has 0 radical (unpaired) electrons. The van der Waals surface area contributed by atoms with Crippen LogP contribution in [0.5, 0.6) is 0 Å². The van der Waals surface area contributed by atoms with Gasteiger partial charge >= 0.3 is 5.97 Å². The average Bonchev–Trinajstić information content (AvgIpc) is 2.80. The smallest absolute Gasteiger partial charge is 0.303 e. The zero-order valence-corrected chi connectivity index (χ0v) is 11.7. The Hall–Kier alpha value is -2.10. The number of carboxylic acid groups (broad SMARTS) is 1. The Morgan fingerprint density at radius 2 is 1.95 bits per heavy atom. The third-order valence-electron chi connectivity index (χ3n) is 3.29. The molecule has 0 aliphatic carbocycles. The Morgan fingerprint density at radius 3 is 2.65 bits per heavy atom. The molecule has 0 amide bonds. The highest BCUT2D eigenvalue weighted by atomic mass is 16.4. The third-order valence-corrected chi connectivity index (χ3v) is 3.29. The maximum atomic E-state index is 10.4. The molecule has 0 atom stereocenters. The fourth-order valence-corrected chi connectivity index (χ4v) is 2.26. The van der Waals surface area contributed by atoms with E-state index in [1.165, 1.54) is 0 Å². The molecule has 0 aliphatic heterocycles. The van der Waals surface area contributed by atoms with Crippen LogP contribution in [0.25, 0.3) is 5.69 Å². The first kappa shape index (κ1) is 14.3. The van der Waals surface area contributed by atoms with Crippen molar-refractivity contribution in [3.8, 4) is 5.69 Å². The first-order valence-corrected chi connectivity index (χ1v) is 6.99. The molecule has 1 aromatic heterocycles. The molecule has 0 fully saturated rings. The molecular formula is C16H20N2O2. The van der Waals surface area contributed by atoms with E-state index in [0.29, 0.717) is 0 Å².